The number of carbonyl (C=O) groups is 1. The van der Waals surface area contributed by atoms with Crippen LogP contribution in [0.2, 0.25) is 5.02 Å². The molecular weight excluding hydrogens is 386 g/mol. The lowest BCUT2D eigenvalue weighted by Gasteiger charge is -2.28. The monoisotopic (exact) mass is 398 g/mol. The summed E-state index contributed by atoms with van der Waals surface area (Å²) >= 11 is 6.58. The fourth-order valence-corrected chi connectivity index (χ4v) is 4.14. The molecule has 1 aliphatic heterocycles. The van der Waals surface area contributed by atoms with Crippen molar-refractivity contribution in [2.75, 3.05) is 31.2 Å². The third-order valence-corrected chi connectivity index (χ3v) is 5.51. The maximum absolute atomic E-state index is 14.2. The molecule has 0 radical (unpaired) electrons. The minimum atomic E-state index is -1.23. The summed E-state index contributed by atoms with van der Waals surface area (Å²) in [6.45, 7) is 9.45. The molecule has 9 heteroatoms. The van der Waals surface area contributed by atoms with Gasteiger partial charge in [0.25, 0.3) is 0 Å². The normalized spacial score (nSPS) is 14.3. The number of morpholine rings is 1. The second kappa shape index (κ2) is 7.58. The Hall–Kier alpha value is -2.21. The minimum absolute atomic E-state index is 0.0908. The van der Waals surface area contributed by atoms with Crippen molar-refractivity contribution in [3.05, 3.63) is 56.2 Å². The lowest BCUT2D eigenvalue weighted by molar-refractivity contribution is 0.0701. The SMILES string of the molecule is [C-]#[N+]c1c(N2CCOCC2)sc(C(=O)O)c1Cc1c(F)cc(Cl)cc1F. The fourth-order valence-electron chi connectivity index (χ4n) is 2.79. The summed E-state index contributed by atoms with van der Waals surface area (Å²) in [6, 6.07) is 1.93. The fraction of sp³-hybridized carbons (Fsp3) is 0.294. The topological polar surface area (TPSA) is 54.1 Å². The van der Waals surface area contributed by atoms with E-state index in [1.165, 1.54) is 0 Å². The smallest absolute Gasteiger partial charge is 0.344 e. The molecule has 1 N–H and O–H groups in total. The van der Waals surface area contributed by atoms with Gasteiger partial charge in [0.1, 0.15) is 16.5 Å². The van der Waals surface area contributed by atoms with Crippen LogP contribution in [0, 0.1) is 18.2 Å². The highest BCUT2D eigenvalue weighted by Crippen LogP contribution is 2.44. The lowest BCUT2D eigenvalue weighted by atomic mass is 10.0. The zero-order valence-corrected chi connectivity index (χ0v) is 15.0. The van der Waals surface area contributed by atoms with Gasteiger partial charge in [-0.15, -0.1) is 11.3 Å². The molecule has 1 aliphatic rings. The zero-order chi connectivity index (χ0) is 18.8. The van der Waals surface area contributed by atoms with E-state index < -0.39 is 17.6 Å². The Bertz CT molecular complexity index is 881. The molecular formula is C17H13ClF2N2O3S. The molecule has 1 aromatic heterocycles. The first kappa shape index (κ1) is 18.6. The summed E-state index contributed by atoms with van der Waals surface area (Å²) in [6.07, 6.45) is -0.338. The number of hydrogen-bond donors (Lipinski definition) is 1. The molecule has 2 aromatic rings. The molecule has 3 rings (SSSR count). The van der Waals surface area contributed by atoms with Crippen LogP contribution in [-0.2, 0) is 11.2 Å². The van der Waals surface area contributed by atoms with E-state index >= 15 is 0 Å². The third-order valence-electron chi connectivity index (χ3n) is 4.02. The lowest BCUT2D eigenvalue weighted by Crippen LogP contribution is -2.35. The average Bonchev–Trinajstić information content (AvgIpc) is 2.97. The number of carboxylic acid groups (broad SMARTS) is 1. The van der Waals surface area contributed by atoms with E-state index in [2.05, 4.69) is 4.85 Å². The molecule has 0 saturated carbocycles. The predicted molar refractivity (Wildman–Crippen MR) is 94.7 cm³/mol. The first-order valence-electron chi connectivity index (χ1n) is 7.65. The van der Waals surface area contributed by atoms with Crippen LogP contribution in [0.1, 0.15) is 20.8 Å². The number of anilines is 1. The Morgan fingerprint density at radius 1 is 1.31 bits per heavy atom. The molecule has 0 atom stereocenters. The van der Waals surface area contributed by atoms with Crippen LogP contribution in [0.15, 0.2) is 12.1 Å². The van der Waals surface area contributed by atoms with Crippen molar-refractivity contribution in [1.82, 2.24) is 0 Å². The van der Waals surface area contributed by atoms with Crippen molar-refractivity contribution in [2.24, 2.45) is 0 Å². The van der Waals surface area contributed by atoms with Gasteiger partial charge in [-0.25, -0.2) is 18.4 Å². The largest absolute Gasteiger partial charge is 0.477 e. The second-order valence-corrected chi connectivity index (χ2v) is 7.04. The van der Waals surface area contributed by atoms with Gasteiger partial charge in [0.15, 0.2) is 0 Å². The molecule has 0 aliphatic carbocycles. The number of hydrogen-bond acceptors (Lipinski definition) is 4. The molecule has 1 fully saturated rings. The number of thiophene rings is 1. The van der Waals surface area contributed by atoms with Gasteiger partial charge in [-0.05, 0) is 24.1 Å². The number of aromatic carboxylic acids is 1. The van der Waals surface area contributed by atoms with Gasteiger partial charge in [-0.2, -0.15) is 0 Å². The van der Waals surface area contributed by atoms with Crippen LogP contribution >= 0.6 is 22.9 Å². The summed E-state index contributed by atoms with van der Waals surface area (Å²) in [5.41, 5.74) is -0.0877. The van der Waals surface area contributed by atoms with Crippen molar-refractivity contribution >= 4 is 39.6 Å². The highest BCUT2D eigenvalue weighted by molar-refractivity contribution is 7.18. The van der Waals surface area contributed by atoms with Crippen LogP contribution < -0.4 is 4.90 Å². The number of nitrogens with zero attached hydrogens (tertiary/aromatic N) is 2. The number of benzene rings is 1. The summed E-state index contributed by atoms with van der Waals surface area (Å²) in [4.78, 5) is 16.9. The van der Waals surface area contributed by atoms with Crippen molar-refractivity contribution in [1.29, 1.82) is 0 Å². The van der Waals surface area contributed by atoms with E-state index in [0.29, 0.717) is 31.3 Å². The van der Waals surface area contributed by atoms with Crippen molar-refractivity contribution in [3.63, 3.8) is 0 Å². The van der Waals surface area contributed by atoms with E-state index in [9.17, 15) is 18.7 Å². The molecule has 1 saturated heterocycles. The number of ether oxygens (including phenoxy) is 1. The Kier molecular flexibility index (Phi) is 5.41. The summed E-state index contributed by atoms with van der Waals surface area (Å²) in [5.74, 6) is -2.98. The number of rotatable bonds is 4. The Labute approximate surface area is 157 Å². The predicted octanol–water partition coefficient (Wildman–Crippen LogP) is 4.36. The standard InChI is InChI=1S/C17H13ClF2N2O3S/c1-21-14-11(8-10-12(19)6-9(18)7-13(10)20)15(17(23)24)26-16(14)22-2-4-25-5-3-22/h6-7H,2-5,8H2,(H,23,24). The Morgan fingerprint density at radius 2 is 1.92 bits per heavy atom. The maximum Gasteiger partial charge on any atom is 0.344 e. The van der Waals surface area contributed by atoms with Gasteiger partial charge in [-0.3, -0.25) is 0 Å². The molecule has 2 heterocycles. The summed E-state index contributed by atoms with van der Waals surface area (Å²) in [5, 5.41) is 9.91. The van der Waals surface area contributed by atoms with Gasteiger partial charge >= 0.3 is 5.97 Å². The van der Waals surface area contributed by atoms with E-state index in [4.69, 9.17) is 22.9 Å². The molecule has 26 heavy (non-hydrogen) atoms. The van der Waals surface area contributed by atoms with E-state index in [0.717, 1.165) is 23.5 Å². The van der Waals surface area contributed by atoms with Crippen LogP contribution in [-0.4, -0.2) is 37.4 Å². The van der Waals surface area contributed by atoms with Gasteiger partial charge in [-0.1, -0.05) is 11.6 Å². The molecule has 0 amide bonds. The number of halogens is 3. The van der Waals surface area contributed by atoms with Crippen LogP contribution in [0.25, 0.3) is 4.85 Å². The Morgan fingerprint density at radius 3 is 2.46 bits per heavy atom. The highest BCUT2D eigenvalue weighted by atomic mass is 35.5. The first-order chi connectivity index (χ1) is 12.4. The van der Waals surface area contributed by atoms with Crippen molar-refractivity contribution in [3.8, 4) is 0 Å². The van der Waals surface area contributed by atoms with E-state index in [-0.39, 0.29) is 33.1 Å². The van der Waals surface area contributed by atoms with E-state index in [1.807, 2.05) is 4.90 Å². The molecule has 0 bridgehead atoms. The molecule has 1 aromatic carbocycles. The second-order valence-electron chi connectivity index (χ2n) is 5.60. The van der Waals surface area contributed by atoms with Crippen LogP contribution in [0.3, 0.4) is 0 Å². The summed E-state index contributed by atoms with van der Waals surface area (Å²) in [7, 11) is 0. The quantitative estimate of drug-likeness (QED) is 0.778. The average molecular weight is 399 g/mol. The molecule has 136 valence electrons. The van der Waals surface area contributed by atoms with Crippen molar-refractivity contribution < 1.29 is 23.4 Å². The van der Waals surface area contributed by atoms with Gasteiger partial charge in [0.05, 0.1) is 24.8 Å². The third kappa shape index (κ3) is 3.51. The molecule has 0 spiro atoms. The van der Waals surface area contributed by atoms with E-state index in [1.54, 1.807) is 0 Å². The minimum Gasteiger partial charge on any atom is -0.477 e. The van der Waals surface area contributed by atoms with Gasteiger partial charge in [0, 0.05) is 23.7 Å². The number of carboxylic acids is 1. The van der Waals surface area contributed by atoms with Gasteiger partial charge in [0.2, 0.25) is 5.69 Å². The maximum atomic E-state index is 14.2. The molecule has 0 unspecified atom stereocenters. The first-order valence-corrected chi connectivity index (χ1v) is 8.84. The van der Waals surface area contributed by atoms with Crippen molar-refractivity contribution in [2.45, 2.75) is 6.42 Å². The molecule has 5 nitrogen and oxygen atoms in total. The zero-order valence-electron chi connectivity index (χ0n) is 13.4. The van der Waals surface area contributed by atoms with Gasteiger partial charge < -0.3 is 14.7 Å². The highest BCUT2D eigenvalue weighted by Gasteiger charge is 2.28. The van der Waals surface area contributed by atoms with Crippen LogP contribution in [0.5, 0.6) is 0 Å². The summed E-state index contributed by atoms with van der Waals surface area (Å²) < 4.78 is 33.6. The van der Waals surface area contributed by atoms with Crippen LogP contribution in [0.4, 0.5) is 19.5 Å². The Balaban J connectivity index is 2.10.